The van der Waals surface area contributed by atoms with Crippen molar-refractivity contribution in [3.8, 4) is 0 Å². The first-order valence-corrected chi connectivity index (χ1v) is 5.68. The maximum absolute atomic E-state index is 5.78. The molecule has 16 heavy (non-hydrogen) atoms. The number of ether oxygens (including phenoxy) is 1. The van der Waals surface area contributed by atoms with Gasteiger partial charge in [0, 0.05) is 18.6 Å². The lowest BCUT2D eigenvalue weighted by Gasteiger charge is -2.51. The summed E-state index contributed by atoms with van der Waals surface area (Å²) >= 11 is 5.78. The van der Waals surface area contributed by atoms with Crippen LogP contribution in [0, 0.1) is 5.41 Å². The number of methoxy groups -OCH3 is 1. The molecular weight excluding hydrogens is 226 g/mol. The Balaban J connectivity index is 2.02. The maximum Gasteiger partial charge on any atom is 0.149 e. The maximum atomic E-state index is 5.78. The summed E-state index contributed by atoms with van der Waals surface area (Å²) < 4.78 is 5.39. The van der Waals surface area contributed by atoms with Crippen molar-refractivity contribution in [1.29, 1.82) is 0 Å². The Morgan fingerprint density at radius 3 is 2.81 bits per heavy atom. The van der Waals surface area contributed by atoms with Crippen LogP contribution < -0.4 is 5.32 Å². The molecule has 0 aliphatic heterocycles. The predicted octanol–water partition coefficient (Wildman–Crippen LogP) is 2.36. The van der Waals surface area contributed by atoms with Gasteiger partial charge >= 0.3 is 0 Å². The van der Waals surface area contributed by atoms with Gasteiger partial charge in [0.25, 0.3) is 0 Å². The molecule has 1 aromatic heterocycles. The Hall–Kier alpha value is -0.870. The minimum atomic E-state index is 0.110. The van der Waals surface area contributed by atoms with E-state index in [1.54, 1.807) is 13.3 Å². The van der Waals surface area contributed by atoms with Crippen LogP contribution in [0.15, 0.2) is 12.4 Å². The number of hydrogen-bond donors (Lipinski definition) is 1. The molecule has 1 N–H and O–H groups in total. The Bertz CT molecular complexity index is 383. The Morgan fingerprint density at radius 2 is 2.25 bits per heavy atom. The number of nitrogens with zero attached hydrogens (tertiary/aromatic N) is 2. The molecule has 1 heterocycles. The lowest BCUT2D eigenvalue weighted by Crippen LogP contribution is -2.57. The second kappa shape index (κ2) is 4.18. The average molecular weight is 242 g/mol. The first-order valence-electron chi connectivity index (χ1n) is 5.31. The predicted molar refractivity (Wildman–Crippen MR) is 63.6 cm³/mol. The minimum absolute atomic E-state index is 0.110. The van der Waals surface area contributed by atoms with Gasteiger partial charge in [-0.2, -0.15) is 0 Å². The fourth-order valence-corrected chi connectivity index (χ4v) is 2.27. The van der Waals surface area contributed by atoms with E-state index in [4.69, 9.17) is 16.3 Å². The van der Waals surface area contributed by atoms with Crippen molar-refractivity contribution in [3.05, 3.63) is 17.5 Å². The van der Waals surface area contributed by atoms with Crippen LogP contribution in [0.2, 0.25) is 5.15 Å². The molecule has 0 aromatic carbocycles. The molecule has 0 radical (unpaired) electrons. The zero-order valence-electron chi connectivity index (χ0n) is 9.70. The number of aromatic nitrogens is 2. The van der Waals surface area contributed by atoms with Crippen LogP contribution in [0.25, 0.3) is 0 Å². The van der Waals surface area contributed by atoms with Gasteiger partial charge in [0.1, 0.15) is 11.0 Å². The normalized spacial score (nSPS) is 27.2. The molecule has 1 saturated carbocycles. The van der Waals surface area contributed by atoms with E-state index in [0.717, 1.165) is 12.2 Å². The second-order valence-corrected chi connectivity index (χ2v) is 5.09. The van der Waals surface area contributed by atoms with Crippen LogP contribution in [0.1, 0.15) is 20.3 Å². The van der Waals surface area contributed by atoms with Crippen molar-refractivity contribution in [2.45, 2.75) is 32.4 Å². The SMILES string of the molecule is COC1CC(Nc2cncc(Cl)n2)C1(C)C. The topological polar surface area (TPSA) is 47.0 Å². The summed E-state index contributed by atoms with van der Waals surface area (Å²) in [6.45, 7) is 4.36. The van der Waals surface area contributed by atoms with Crippen LogP contribution in [0.3, 0.4) is 0 Å². The van der Waals surface area contributed by atoms with Crippen LogP contribution in [0.4, 0.5) is 5.82 Å². The van der Waals surface area contributed by atoms with E-state index >= 15 is 0 Å². The molecular formula is C11H16ClN3O. The molecule has 1 aliphatic rings. The molecule has 2 unspecified atom stereocenters. The van der Waals surface area contributed by atoms with Gasteiger partial charge in [-0.15, -0.1) is 0 Å². The fraction of sp³-hybridized carbons (Fsp3) is 0.636. The zero-order valence-corrected chi connectivity index (χ0v) is 10.5. The summed E-state index contributed by atoms with van der Waals surface area (Å²) in [5.74, 6) is 0.722. The second-order valence-electron chi connectivity index (χ2n) is 4.71. The van der Waals surface area contributed by atoms with E-state index in [9.17, 15) is 0 Å². The largest absolute Gasteiger partial charge is 0.381 e. The molecule has 0 spiro atoms. The Morgan fingerprint density at radius 1 is 1.50 bits per heavy atom. The summed E-state index contributed by atoms with van der Waals surface area (Å²) in [5.41, 5.74) is 0.110. The van der Waals surface area contributed by atoms with Gasteiger partial charge in [-0.3, -0.25) is 4.98 Å². The van der Waals surface area contributed by atoms with Gasteiger partial charge in [-0.1, -0.05) is 25.4 Å². The molecule has 5 heteroatoms. The van der Waals surface area contributed by atoms with Crippen molar-refractivity contribution in [3.63, 3.8) is 0 Å². The van der Waals surface area contributed by atoms with Gasteiger partial charge in [0.05, 0.1) is 18.5 Å². The first kappa shape index (κ1) is 11.6. The number of rotatable bonds is 3. The first-order chi connectivity index (χ1) is 7.54. The van der Waals surface area contributed by atoms with E-state index in [2.05, 4.69) is 29.1 Å². The quantitative estimate of drug-likeness (QED) is 0.883. The average Bonchev–Trinajstić information content (AvgIpc) is 2.23. The summed E-state index contributed by atoms with van der Waals surface area (Å²) in [4.78, 5) is 8.16. The highest BCUT2D eigenvalue weighted by molar-refractivity contribution is 6.29. The van der Waals surface area contributed by atoms with Crippen LogP contribution in [-0.2, 0) is 4.74 Å². The highest BCUT2D eigenvalue weighted by atomic mass is 35.5. The zero-order chi connectivity index (χ0) is 11.8. The third-order valence-corrected chi connectivity index (χ3v) is 3.57. The van der Waals surface area contributed by atoms with Crippen molar-refractivity contribution in [2.75, 3.05) is 12.4 Å². The highest BCUT2D eigenvalue weighted by Gasteiger charge is 2.48. The summed E-state index contributed by atoms with van der Waals surface area (Å²) in [6.07, 6.45) is 4.49. The van der Waals surface area contributed by atoms with Gasteiger partial charge in [-0.05, 0) is 6.42 Å². The molecule has 0 bridgehead atoms. The lowest BCUT2D eigenvalue weighted by molar-refractivity contribution is -0.0795. The molecule has 2 atom stereocenters. The number of halogens is 1. The van der Waals surface area contributed by atoms with Crippen molar-refractivity contribution in [2.24, 2.45) is 5.41 Å². The van der Waals surface area contributed by atoms with E-state index in [1.807, 2.05) is 0 Å². The van der Waals surface area contributed by atoms with Gasteiger partial charge in [0.2, 0.25) is 0 Å². The van der Waals surface area contributed by atoms with Gasteiger partial charge in [-0.25, -0.2) is 4.98 Å². The van der Waals surface area contributed by atoms with Crippen molar-refractivity contribution >= 4 is 17.4 Å². The Kier molecular flexibility index (Phi) is 3.04. The van der Waals surface area contributed by atoms with Gasteiger partial charge < -0.3 is 10.1 Å². The lowest BCUT2D eigenvalue weighted by atomic mass is 9.64. The Labute approximate surface area is 100 Å². The molecule has 2 rings (SSSR count). The standard InChI is InChI=1S/C11H16ClN3O/c1-11(2)7(4-8(11)16-3)14-10-6-13-5-9(12)15-10/h5-8H,4H2,1-3H3,(H,14,15). The number of nitrogens with one attached hydrogen (secondary N) is 1. The van der Waals surface area contributed by atoms with Crippen LogP contribution >= 0.6 is 11.6 Å². The molecule has 88 valence electrons. The van der Waals surface area contributed by atoms with E-state index in [1.165, 1.54) is 6.20 Å². The third-order valence-electron chi connectivity index (χ3n) is 3.39. The highest BCUT2D eigenvalue weighted by Crippen LogP contribution is 2.43. The summed E-state index contributed by atoms with van der Waals surface area (Å²) in [6, 6.07) is 0.352. The number of anilines is 1. The van der Waals surface area contributed by atoms with Crippen LogP contribution in [0.5, 0.6) is 0 Å². The molecule has 0 amide bonds. The molecule has 0 saturated heterocycles. The smallest absolute Gasteiger partial charge is 0.149 e. The van der Waals surface area contributed by atoms with E-state index in [0.29, 0.717) is 17.3 Å². The van der Waals surface area contributed by atoms with Crippen molar-refractivity contribution < 1.29 is 4.74 Å². The van der Waals surface area contributed by atoms with Crippen LogP contribution in [-0.4, -0.2) is 29.2 Å². The molecule has 1 fully saturated rings. The summed E-state index contributed by atoms with van der Waals surface area (Å²) in [5, 5.41) is 3.74. The molecule has 1 aliphatic carbocycles. The molecule has 4 nitrogen and oxygen atoms in total. The molecule has 1 aromatic rings. The number of hydrogen-bond acceptors (Lipinski definition) is 4. The third kappa shape index (κ3) is 1.99. The monoisotopic (exact) mass is 241 g/mol. The summed E-state index contributed by atoms with van der Waals surface area (Å²) in [7, 11) is 1.75. The minimum Gasteiger partial charge on any atom is -0.381 e. The fourth-order valence-electron chi connectivity index (χ4n) is 2.12. The van der Waals surface area contributed by atoms with E-state index < -0.39 is 0 Å². The van der Waals surface area contributed by atoms with E-state index in [-0.39, 0.29) is 5.41 Å². The van der Waals surface area contributed by atoms with Crippen molar-refractivity contribution in [1.82, 2.24) is 9.97 Å². The van der Waals surface area contributed by atoms with Gasteiger partial charge in [0.15, 0.2) is 0 Å².